The van der Waals surface area contributed by atoms with Gasteiger partial charge in [0.05, 0.1) is 6.04 Å². The third-order valence-corrected chi connectivity index (χ3v) is 4.18. The SMILES string of the molecule is CNCCC1C(=O)N(C)C(C)(C)CN1C1CC1. The number of hydrogen-bond donors (Lipinski definition) is 1. The van der Waals surface area contributed by atoms with E-state index in [1.165, 1.54) is 12.8 Å². The molecule has 0 aromatic heterocycles. The summed E-state index contributed by atoms with van der Waals surface area (Å²) in [5.74, 6) is 0.295. The van der Waals surface area contributed by atoms with Crippen LogP contribution in [0.3, 0.4) is 0 Å². The van der Waals surface area contributed by atoms with Crippen molar-refractivity contribution in [2.24, 2.45) is 0 Å². The molecule has 0 bridgehead atoms. The van der Waals surface area contributed by atoms with Crippen molar-refractivity contribution in [2.45, 2.75) is 50.7 Å². The third kappa shape index (κ3) is 2.47. The predicted molar refractivity (Wildman–Crippen MR) is 68.9 cm³/mol. The van der Waals surface area contributed by atoms with Gasteiger partial charge in [0.25, 0.3) is 0 Å². The van der Waals surface area contributed by atoms with Crippen molar-refractivity contribution in [1.29, 1.82) is 0 Å². The summed E-state index contributed by atoms with van der Waals surface area (Å²) in [7, 11) is 3.89. The van der Waals surface area contributed by atoms with Crippen LogP contribution in [-0.2, 0) is 4.79 Å². The summed E-state index contributed by atoms with van der Waals surface area (Å²) in [5, 5.41) is 3.15. The first-order chi connectivity index (χ1) is 7.97. The van der Waals surface area contributed by atoms with E-state index in [-0.39, 0.29) is 11.6 Å². The van der Waals surface area contributed by atoms with Crippen LogP contribution >= 0.6 is 0 Å². The van der Waals surface area contributed by atoms with Gasteiger partial charge in [-0.1, -0.05) is 0 Å². The van der Waals surface area contributed by atoms with Crippen LogP contribution in [0.1, 0.15) is 33.1 Å². The lowest BCUT2D eigenvalue weighted by molar-refractivity contribution is -0.150. The predicted octanol–water partition coefficient (Wildman–Crippen LogP) is 0.680. The van der Waals surface area contributed by atoms with Crippen LogP contribution in [0.5, 0.6) is 0 Å². The van der Waals surface area contributed by atoms with Crippen molar-refractivity contribution in [3.8, 4) is 0 Å². The fourth-order valence-corrected chi connectivity index (χ4v) is 2.69. The summed E-state index contributed by atoms with van der Waals surface area (Å²) in [5.41, 5.74) is -0.0319. The van der Waals surface area contributed by atoms with Gasteiger partial charge in [0.2, 0.25) is 5.91 Å². The minimum absolute atomic E-state index is 0.0319. The van der Waals surface area contributed by atoms with Crippen LogP contribution < -0.4 is 5.32 Å². The first kappa shape index (κ1) is 12.8. The highest BCUT2D eigenvalue weighted by Crippen LogP contribution is 2.35. The molecule has 1 aliphatic heterocycles. The zero-order valence-electron chi connectivity index (χ0n) is 11.5. The van der Waals surface area contributed by atoms with Gasteiger partial charge in [0, 0.05) is 25.2 Å². The van der Waals surface area contributed by atoms with E-state index in [9.17, 15) is 4.79 Å². The largest absolute Gasteiger partial charge is 0.338 e. The molecule has 17 heavy (non-hydrogen) atoms. The second kappa shape index (κ2) is 4.58. The van der Waals surface area contributed by atoms with E-state index in [0.717, 1.165) is 19.5 Å². The number of piperazine rings is 1. The number of nitrogens with one attached hydrogen (secondary N) is 1. The van der Waals surface area contributed by atoms with Crippen molar-refractivity contribution >= 4 is 5.91 Å². The number of likely N-dealkylation sites (N-methyl/N-ethyl adjacent to an activating group) is 1. The molecule has 98 valence electrons. The fourth-order valence-electron chi connectivity index (χ4n) is 2.69. The van der Waals surface area contributed by atoms with Crippen LogP contribution in [0.2, 0.25) is 0 Å². The van der Waals surface area contributed by atoms with Crippen LogP contribution in [0.15, 0.2) is 0 Å². The Morgan fingerprint density at radius 3 is 2.59 bits per heavy atom. The van der Waals surface area contributed by atoms with Gasteiger partial charge in [0.15, 0.2) is 0 Å². The number of carbonyl (C=O) groups is 1. The molecule has 1 saturated heterocycles. The van der Waals surface area contributed by atoms with Crippen molar-refractivity contribution < 1.29 is 4.79 Å². The molecule has 2 fully saturated rings. The van der Waals surface area contributed by atoms with Gasteiger partial charge in [-0.3, -0.25) is 9.69 Å². The van der Waals surface area contributed by atoms with Crippen molar-refractivity contribution in [1.82, 2.24) is 15.1 Å². The van der Waals surface area contributed by atoms with E-state index >= 15 is 0 Å². The molecule has 0 aromatic rings. The molecule has 2 rings (SSSR count). The van der Waals surface area contributed by atoms with Gasteiger partial charge in [-0.05, 0) is 46.7 Å². The molecule has 1 N–H and O–H groups in total. The first-order valence-corrected chi connectivity index (χ1v) is 6.65. The highest BCUT2D eigenvalue weighted by molar-refractivity contribution is 5.83. The fraction of sp³-hybridized carbons (Fsp3) is 0.923. The molecular weight excluding hydrogens is 214 g/mol. The molecular formula is C13H25N3O. The molecule has 0 aromatic carbocycles. The van der Waals surface area contributed by atoms with E-state index in [1.807, 2.05) is 19.0 Å². The Bertz CT molecular complexity index is 299. The molecule has 2 aliphatic rings. The van der Waals surface area contributed by atoms with Crippen LogP contribution in [0.4, 0.5) is 0 Å². The van der Waals surface area contributed by atoms with Gasteiger partial charge in [-0.25, -0.2) is 0 Å². The average Bonchev–Trinajstić information content (AvgIpc) is 3.08. The number of amides is 1. The van der Waals surface area contributed by atoms with Gasteiger partial charge >= 0.3 is 0 Å². The zero-order valence-corrected chi connectivity index (χ0v) is 11.5. The van der Waals surface area contributed by atoms with Crippen LogP contribution in [-0.4, -0.2) is 60.5 Å². The number of carbonyl (C=O) groups excluding carboxylic acids is 1. The summed E-state index contributed by atoms with van der Waals surface area (Å²) >= 11 is 0. The third-order valence-electron chi connectivity index (χ3n) is 4.18. The number of rotatable bonds is 4. The maximum atomic E-state index is 12.4. The summed E-state index contributed by atoms with van der Waals surface area (Å²) in [6, 6.07) is 0.752. The number of nitrogens with zero attached hydrogens (tertiary/aromatic N) is 2. The summed E-state index contributed by atoms with van der Waals surface area (Å²) in [6.45, 7) is 6.24. The Labute approximate surface area is 104 Å². The average molecular weight is 239 g/mol. The maximum Gasteiger partial charge on any atom is 0.240 e. The highest BCUT2D eigenvalue weighted by Gasteiger charge is 2.47. The summed E-state index contributed by atoms with van der Waals surface area (Å²) < 4.78 is 0. The Morgan fingerprint density at radius 1 is 1.41 bits per heavy atom. The quantitative estimate of drug-likeness (QED) is 0.783. The van der Waals surface area contributed by atoms with Gasteiger partial charge < -0.3 is 10.2 Å². The Morgan fingerprint density at radius 2 is 2.06 bits per heavy atom. The van der Waals surface area contributed by atoms with Crippen molar-refractivity contribution in [3.63, 3.8) is 0 Å². The minimum Gasteiger partial charge on any atom is -0.338 e. The van der Waals surface area contributed by atoms with E-state index in [0.29, 0.717) is 11.9 Å². The standard InChI is InChI=1S/C13H25N3O/c1-13(2)9-16(10-5-6-10)11(7-8-14-3)12(17)15(13)4/h10-11,14H,5-9H2,1-4H3. The van der Waals surface area contributed by atoms with Crippen molar-refractivity contribution in [3.05, 3.63) is 0 Å². The molecule has 1 unspecified atom stereocenters. The van der Waals surface area contributed by atoms with Crippen molar-refractivity contribution in [2.75, 3.05) is 27.2 Å². The Kier molecular flexibility index (Phi) is 3.46. The monoisotopic (exact) mass is 239 g/mol. The smallest absolute Gasteiger partial charge is 0.240 e. The Balaban J connectivity index is 2.12. The van der Waals surface area contributed by atoms with E-state index in [2.05, 4.69) is 24.1 Å². The molecule has 1 heterocycles. The lowest BCUT2D eigenvalue weighted by Gasteiger charge is -2.49. The molecule has 1 atom stereocenters. The highest BCUT2D eigenvalue weighted by atomic mass is 16.2. The second-order valence-electron chi connectivity index (χ2n) is 6.02. The van der Waals surface area contributed by atoms with Gasteiger partial charge in [-0.15, -0.1) is 0 Å². The first-order valence-electron chi connectivity index (χ1n) is 6.65. The van der Waals surface area contributed by atoms with Crippen LogP contribution in [0, 0.1) is 0 Å². The molecule has 4 nitrogen and oxygen atoms in total. The van der Waals surface area contributed by atoms with Crippen LogP contribution in [0.25, 0.3) is 0 Å². The number of hydrogen-bond acceptors (Lipinski definition) is 3. The lowest BCUT2D eigenvalue weighted by Crippen LogP contribution is -2.65. The topological polar surface area (TPSA) is 35.6 Å². The minimum atomic E-state index is -0.0319. The molecule has 1 amide bonds. The summed E-state index contributed by atoms with van der Waals surface area (Å²) in [6.07, 6.45) is 3.46. The van der Waals surface area contributed by atoms with E-state index < -0.39 is 0 Å². The van der Waals surface area contributed by atoms with E-state index in [4.69, 9.17) is 0 Å². The van der Waals surface area contributed by atoms with Gasteiger partial charge in [0.1, 0.15) is 0 Å². The molecule has 0 spiro atoms. The normalized spacial score (nSPS) is 29.8. The Hall–Kier alpha value is -0.610. The molecule has 1 saturated carbocycles. The van der Waals surface area contributed by atoms with Gasteiger partial charge in [-0.2, -0.15) is 0 Å². The zero-order chi connectivity index (χ0) is 12.6. The molecule has 1 aliphatic carbocycles. The second-order valence-corrected chi connectivity index (χ2v) is 6.02. The summed E-state index contributed by atoms with van der Waals surface area (Å²) in [4.78, 5) is 16.8. The molecule has 0 radical (unpaired) electrons. The maximum absolute atomic E-state index is 12.4. The molecule has 4 heteroatoms. The lowest BCUT2D eigenvalue weighted by atomic mass is 9.94. The van der Waals surface area contributed by atoms with E-state index in [1.54, 1.807) is 0 Å².